The third kappa shape index (κ3) is 4.77. The summed E-state index contributed by atoms with van der Waals surface area (Å²) >= 11 is 0. The Morgan fingerprint density at radius 2 is 1.78 bits per heavy atom. The van der Waals surface area contributed by atoms with Crippen molar-refractivity contribution in [3.05, 3.63) is 71.8 Å². The van der Waals surface area contributed by atoms with Gasteiger partial charge in [0.15, 0.2) is 24.0 Å². The Bertz CT molecular complexity index is 1150. The third-order valence-corrected chi connectivity index (χ3v) is 4.55. The molecule has 0 fully saturated rings. The molecule has 3 aromatic rings. The standard InChI is InChI=1S/C23H19F4NO4/c1-3-31-20(30)12-32-19-8-7-17(25)23(22(19)27)28(2)18-11-15(29)10-16(21(18)26)13-5-4-6-14(24)9-13/h4-11,29H,3,12H2,1-2H3. The van der Waals surface area contributed by atoms with Crippen LogP contribution >= 0.6 is 0 Å². The van der Waals surface area contributed by atoms with Crippen LogP contribution in [-0.2, 0) is 9.53 Å². The summed E-state index contributed by atoms with van der Waals surface area (Å²) in [5, 5.41) is 10.1. The molecular formula is C23H19F4NO4. The van der Waals surface area contributed by atoms with E-state index in [1.807, 2.05) is 0 Å². The van der Waals surface area contributed by atoms with Crippen LogP contribution in [-0.4, -0.2) is 31.3 Å². The first-order valence-electron chi connectivity index (χ1n) is 9.51. The number of rotatable bonds is 7. The Kier molecular flexibility index (Phi) is 6.87. The molecule has 0 saturated carbocycles. The summed E-state index contributed by atoms with van der Waals surface area (Å²) in [6.07, 6.45) is 0. The highest BCUT2D eigenvalue weighted by molar-refractivity contribution is 5.76. The molecule has 0 saturated heterocycles. The number of phenolic OH excluding ortho intramolecular Hbond substituents is 1. The number of nitrogens with zero attached hydrogens (tertiary/aromatic N) is 1. The zero-order valence-corrected chi connectivity index (χ0v) is 17.2. The van der Waals surface area contributed by atoms with Crippen molar-refractivity contribution in [2.45, 2.75) is 6.92 Å². The highest BCUT2D eigenvalue weighted by atomic mass is 19.1. The second-order valence-electron chi connectivity index (χ2n) is 6.70. The monoisotopic (exact) mass is 449 g/mol. The normalized spacial score (nSPS) is 10.7. The van der Waals surface area contributed by atoms with Crippen LogP contribution < -0.4 is 9.64 Å². The van der Waals surface area contributed by atoms with E-state index in [1.165, 1.54) is 25.2 Å². The van der Waals surface area contributed by atoms with E-state index in [0.717, 1.165) is 35.2 Å². The van der Waals surface area contributed by atoms with Gasteiger partial charge >= 0.3 is 5.97 Å². The minimum absolute atomic E-state index is 0.104. The highest BCUT2D eigenvalue weighted by Crippen LogP contribution is 2.39. The van der Waals surface area contributed by atoms with Gasteiger partial charge < -0.3 is 19.5 Å². The smallest absolute Gasteiger partial charge is 0.344 e. The average Bonchev–Trinajstić information content (AvgIpc) is 2.74. The van der Waals surface area contributed by atoms with Crippen LogP contribution in [0.25, 0.3) is 11.1 Å². The number of hydrogen-bond acceptors (Lipinski definition) is 5. The SMILES string of the molecule is CCOC(=O)COc1ccc(F)c(N(C)c2cc(O)cc(-c3cccc(F)c3)c2F)c1F. The number of hydrogen-bond donors (Lipinski definition) is 1. The fourth-order valence-electron chi connectivity index (χ4n) is 3.11. The summed E-state index contributed by atoms with van der Waals surface area (Å²) in [7, 11) is 1.18. The molecule has 5 nitrogen and oxygen atoms in total. The highest BCUT2D eigenvalue weighted by Gasteiger charge is 2.24. The fraction of sp³-hybridized carbons (Fsp3) is 0.174. The average molecular weight is 449 g/mol. The number of esters is 1. The molecule has 0 heterocycles. The molecule has 0 unspecified atom stereocenters. The number of phenols is 1. The molecule has 32 heavy (non-hydrogen) atoms. The van der Waals surface area contributed by atoms with E-state index < -0.39 is 53.0 Å². The summed E-state index contributed by atoms with van der Waals surface area (Å²) in [6, 6.07) is 8.95. The molecule has 0 aliphatic carbocycles. The zero-order chi connectivity index (χ0) is 23.4. The van der Waals surface area contributed by atoms with Crippen molar-refractivity contribution in [1.29, 1.82) is 0 Å². The number of aromatic hydroxyl groups is 1. The largest absolute Gasteiger partial charge is 0.508 e. The quantitative estimate of drug-likeness (QED) is 0.391. The van der Waals surface area contributed by atoms with Crippen molar-refractivity contribution >= 4 is 17.3 Å². The van der Waals surface area contributed by atoms with Gasteiger partial charge in [-0.2, -0.15) is 0 Å². The van der Waals surface area contributed by atoms with Gasteiger partial charge in [0.05, 0.1) is 12.3 Å². The third-order valence-electron chi connectivity index (χ3n) is 4.55. The molecule has 0 aliphatic rings. The van der Waals surface area contributed by atoms with E-state index in [2.05, 4.69) is 0 Å². The number of carbonyl (C=O) groups is 1. The van der Waals surface area contributed by atoms with Crippen LogP contribution in [0, 0.1) is 23.3 Å². The minimum Gasteiger partial charge on any atom is -0.508 e. The van der Waals surface area contributed by atoms with E-state index in [1.54, 1.807) is 6.92 Å². The fourth-order valence-corrected chi connectivity index (χ4v) is 3.11. The summed E-state index contributed by atoms with van der Waals surface area (Å²) < 4.78 is 68.2. The first-order chi connectivity index (χ1) is 15.2. The minimum atomic E-state index is -1.19. The number of anilines is 2. The maximum absolute atomic E-state index is 15.3. The summed E-state index contributed by atoms with van der Waals surface area (Å²) in [5.74, 6) is -5.38. The topological polar surface area (TPSA) is 59.0 Å². The van der Waals surface area contributed by atoms with Gasteiger partial charge in [-0.3, -0.25) is 0 Å². The Balaban J connectivity index is 2.03. The van der Waals surface area contributed by atoms with Crippen molar-refractivity contribution in [2.24, 2.45) is 0 Å². The van der Waals surface area contributed by atoms with Gasteiger partial charge in [-0.25, -0.2) is 22.4 Å². The molecule has 0 aliphatic heterocycles. The van der Waals surface area contributed by atoms with E-state index in [0.29, 0.717) is 0 Å². The predicted octanol–water partition coefficient (Wildman–Crippen LogP) is 5.33. The molecule has 0 amide bonds. The number of ether oxygens (including phenoxy) is 2. The molecule has 3 rings (SSSR count). The second kappa shape index (κ2) is 9.59. The van der Waals surface area contributed by atoms with Gasteiger partial charge in [-0.15, -0.1) is 0 Å². The van der Waals surface area contributed by atoms with Crippen molar-refractivity contribution < 1.29 is 36.9 Å². The number of halogens is 4. The van der Waals surface area contributed by atoms with Crippen molar-refractivity contribution in [2.75, 3.05) is 25.2 Å². The van der Waals surface area contributed by atoms with E-state index >= 15 is 8.78 Å². The van der Waals surface area contributed by atoms with Gasteiger partial charge in [-0.1, -0.05) is 12.1 Å². The number of benzene rings is 3. The van der Waals surface area contributed by atoms with Crippen molar-refractivity contribution in [1.82, 2.24) is 0 Å². The molecule has 168 valence electrons. The maximum Gasteiger partial charge on any atom is 0.344 e. The van der Waals surface area contributed by atoms with Crippen molar-refractivity contribution in [3.63, 3.8) is 0 Å². The van der Waals surface area contributed by atoms with Gasteiger partial charge in [0, 0.05) is 18.7 Å². The van der Waals surface area contributed by atoms with E-state index in [-0.39, 0.29) is 23.4 Å². The van der Waals surface area contributed by atoms with E-state index in [9.17, 15) is 18.7 Å². The molecule has 0 aromatic heterocycles. The van der Waals surface area contributed by atoms with Gasteiger partial charge in [0.25, 0.3) is 0 Å². The molecule has 0 atom stereocenters. The molecule has 3 aromatic carbocycles. The van der Waals surface area contributed by atoms with Gasteiger partial charge in [0.2, 0.25) is 0 Å². The summed E-state index contributed by atoms with van der Waals surface area (Å²) in [4.78, 5) is 12.3. The first-order valence-corrected chi connectivity index (χ1v) is 9.51. The Morgan fingerprint density at radius 3 is 2.47 bits per heavy atom. The Morgan fingerprint density at radius 1 is 1.03 bits per heavy atom. The lowest BCUT2D eigenvalue weighted by atomic mass is 10.0. The lowest BCUT2D eigenvalue weighted by molar-refractivity contribution is -0.145. The molecule has 0 spiro atoms. The molecular weight excluding hydrogens is 430 g/mol. The van der Waals surface area contributed by atoms with Crippen LogP contribution in [0.5, 0.6) is 11.5 Å². The van der Waals surface area contributed by atoms with Crippen LogP contribution in [0.2, 0.25) is 0 Å². The summed E-state index contributed by atoms with van der Waals surface area (Å²) in [5.41, 5.74) is -1.09. The molecule has 0 bridgehead atoms. The molecule has 9 heteroatoms. The van der Waals surface area contributed by atoms with E-state index in [4.69, 9.17) is 9.47 Å². The predicted molar refractivity (Wildman–Crippen MR) is 110 cm³/mol. The Labute approximate surface area is 181 Å². The summed E-state index contributed by atoms with van der Waals surface area (Å²) in [6.45, 7) is 1.08. The Hall–Kier alpha value is -3.75. The number of carbonyl (C=O) groups excluding carboxylic acids is 1. The van der Waals surface area contributed by atoms with Gasteiger partial charge in [-0.05, 0) is 42.8 Å². The first kappa shape index (κ1) is 22.9. The maximum atomic E-state index is 15.3. The van der Waals surface area contributed by atoms with Crippen LogP contribution in [0.15, 0.2) is 48.5 Å². The van der Waals surface area contributed by atoms with Crippen molar-refractivity contribution in [3.8, 4) is 22.6 Å². The second-order valence-corrected chi connectivity index (χ2v) is 6.70. The van der Waals surface area contributed by atoms with Gasteiger partial charge in [0.1, 0.15) is 23.1 Å². The molecule has 0 radical (unpaired) electrons. The lowest BCUT2D eigenvalue weighted by Crippen LogP contribution is -2.18. The lowest BCUT2D eigenvalue weighted by Gasteiger charge is -2.23. The van der Waals surface area contributed by atoms with Crippen LogP contribution in [0.3, 0.4) is 0 Å². The van der Waals surface area contributed by atoms with Crippen LogP contribution in [0.1, 0.15) is 6.92 Å². The zero-order valence-electron chi connectivity index (χ0n) is 17.2. The van der Waals surface area contributed by atoms with Crippen LogP contribution in [0.4, 0.5) is 28.9 Å². The molecule has 1 N–H and O–H groups in total.